The molecule has 39 heavy (non-hydrogen) atoms. The molecule has 0 saturated heterocycles. The molecular formula is C36H22BNO. The average Bonchev–Trinajstić information content (AvgIpc) is 3.52. The lowest BCUT2D eigenvalue weighted by Crippen LogP contribution is -2.55. The second kappa shape index (κ2) is 7.75. The van der Waals surface area contributed by atoms with Crippen LogP contribution in [0, 0.1) is 0 Å². The molecule has 8 aromatic rings. The molecule has 0 unspecified atom stereocenters. The van der Waals surface area contributed by atoms with Crippen molar-refractivity contribution in [2.24, 2.45) is 0 Å². The van der Waals surface area contributed by atoms with Crippen molar-refractivity contribution in [3.63, 3.8) is 0 Å². The van der Waals surface area contributed by atoms with E-state index < -0.39 is 0 Å². The summed E-state index contributed by atoms with van der Waals surface area (Å²) in [5.41, 5.74) is 9.98. The highest BCUT2D eigenvalue weighted by molar-refractivity contribution is 6.99. The van der Waals surface area contributed by atoms with Crippen LogP contribution in [0.3, 0.4) is 0 Å². The number of nitrogens with zero attached hydrogens (tertiary/aromatic N) is 1. The summed E-state index contributed by atoms with van der Waals surface area (Å²) in [4.78, 5) is 0. The van der Waals surface area contributed by atoms with Crippen LogP contribution in [-0.2, 0) is 0 Å². The Bertz CT molecular complexity index is 2210. The lowest BCUT2D eigenvalue weighted by molar-refractivity contribution is 0.489. The first kappa shape index (κ1) is 21.0. The van der Waals surface area contributed by atoms with Crippen LogP contribution in [0.1, 0.15) is 0 Å². The fourth-order valence-electron chi connectivity index (χ4n) is 6.93. The maximum atomic E-state index is 6.77. The number of aromatic nitrogens is 1. The highest BCUT2D eigenvalue weighted by atomic mass is 16.5. The van der Waals surface area contributed by atoms with Crippen molar-refractivity contribution < 1.29 is 4.74 Å². The van der Waals surface area contributed by atoms with Gasteiger partial charge >= 0.3 is 0 Å². The quantitative estimate of drug-likeness (QED) is 0.233. The highest BCUT2D eigenvalue weighted by Crippen LogP contribution is 2.42. The van der Waals surface area contributed by atoms with Gasteiger partial charge < -0.3 is 9.14 Å². The van der Waals surface area contributed by atoms with Crippen LogP contribution in [0.25, 0.3) is 49.2 Å². The predicted molar refractivity (Wildman–Crippen MR) is 164 cm³/mol. The average molecular weight is 495 g/mol. The fraction of sp³-hybridized carbons (Fsp3) is 0. The molecule has 9 rings (SSSR count). The number of fused-ring (bicyclic) bond motifs is 9. The number of hydrogen-bond acceptors (Lipinski definition) is 1. The zero-order valence-corrected chi connectivity index (χ0v) is 21.1. The van der Waals surface area contributed by atoms with E-state index in [0.717, 1.165) is 11.5 Å². The third kappa shape index (κ3) is 2.77. The molecular weight excluding hydrogens is 473 g/mol. The van der Waals surface area contributed by atoms with Crippen LogP contribution < -0.4 is 21.1 Å². The summed E-state index contributed by atoms with van der Waals surface area (Å²) in [5.74, 6) is 1.88. The summed E-state index contributed by atoms with van der Waals surface area (Å²) < 4.78 is 9.23. The number of ether oxygens (including phenoxy) is 1. The Kier molecular flexibility index (Phi) is 4.17. The molecule has 1 aliphatic rings. The molecule has 0 N–H and O–H groups in total. The van der Waals surface area contributed by atoms with Gasteiger partial charge in [0.2, 0.25) is 0 Å². The second-order valence-electron chi connectivity index (χ2n) is 10.5. The van der Waals surface area contributed by atoms with E-state index in [1.165, 1.54) is 65.6 Å². The van der Waals surface area contributed by atoms with E-state index in [1.807, 2.05) is 0 Å². The van der Waals surface area contributed by atoms with Gasteiger partial charge in [-0.1, -0.05) is 115 Å². The lowest BCUT2D eigenvalue weighted by Gasteiger charge is -2.29. The molecule has 2 aromatic heterocycles. The van der Waals surface area contributed by atoms with Crippen molar-refractivity contribution in [3.8, 4) is 22.6 Å². The van der Waals surface area contributed by atoms with Crippen LogP contribution >= 0.6 is 0 Å². The Morgan fingerprint density at radius 1 is 0.513 bits per heavy atom. The monoisotopic (exact) mass is 495 g/mol. The molecule has 6 aromatic carbocycles. The van der Waals surface area contributed by atoms with Crippen molar-refractivity contribution in [1.29, 1.82) is 0 Å². The lowest BCUT2D eigenvalue weighted by atomic mass is 9.34. The summed E-state index contributed by atoms with van der Waals surface area (Å²) in [6.07, 6.45) is 0. The molecule has 0 fully saturated rings. The highest BCUT2D eigenvalue weighted by Gasteiger charge is 2.37. The van der Waals surface area contributed by atoms with Gasteiger partial charge in [0.15, 0.2) is 0 Å². The Morgan fingerprint density at radius 2 is 1.15 bits per heavy atom. The first-order valence-corrected chi connectivity index (χ1v) is 13.5. The minimum Gasteiger partial charge on any atom is -0.458 e. The molecule has 3 heteroatoms. The minimum absolute atomic E-state index is 0.0263. The molecule has 0 saturated carbocycles. The third-order valence-electron chi connectivity index (χ3n) is 8.47. The minimum atomic E-state index is 0.0263. The Morgan fingerprint density at radius 3 is 2.00 bits per heavy atom. The first-order valence-electron chi connectivity index (χ1n) is 13.5. The normalized spacial score (nSPS) is 12.8. The van der Waals surface area contributed by atoms with Crippen molar-refractivity contribution in [1.82, 2.24) is 4.40 Å². The van der Waals surface area contributed by atoms with Crippen molar-refractivity contribution in [3.05, 3.63) is 133 Å². The molecule has 0 bridgehead atoms. The molecule has 0 atom stereocenters. The Labute approximate surface area is 226 Å². The second-order valence-corrected chi connectivity index (χ2v) is 10.5. The predicted octanol–water partition coefficient (Wildman–Crippen LogP) is 7.13. The van der Waals surface area contributed by atoms with Crippen molar-refractivity contribution >= 4 is 61.2 Å². The van der Waals surface area contributed by atoms with E-state index >= 15 is 0 Å². The first-order chi connectivity index (χ1) is 19.4. The van der Waals surface area contributed by atoms with Gasteiger partial charge in [-0.3, -0.25) is 0 Å². The van der Waals surface area contributed by atoms with Crippen LogP contribution in [0.4, 0.5) is 0 Å². The van der Waals surface area contributed by atoms with Gasteiger partial charge in [-0.15, -0.1) is 0 Å². The van der Waals surface area contributed by atoms with E-state index in [0.29, 0.717) is 0 Å². The maximum absolute atomic E-state index is 6.77. The van der Waals surface area contributed by atoms with Gasteiger partial charge in [0.25, 0.3) is 6.71 Å². The summed E-state index contributed by atoms with van der Waals surface area (Å²) in [6, 6.07) is 48.0. The summed E-state index contributed by atoms with van der Waals surface area (Å²) in [5, 5.41) is 5.06. The Balaban J connectivity index is 1.48. The third-order valence-corrected chi connectivity index (χ3v) is 8.47. The zero-order chi connectivity index (χ0) is 25.5. The van der Waals surface area contributed by atoms with Gasteiger partial charge in [-0.05, 0) is 46.3 Å². The van der Waals surface area contributed by atoms with Gasteiger partial charge in [-0.2, -0.15) is 0 Å². The number of hydrogen-bond donors (Lipinski definition) is 0. The summed E-state index contributed by atoms with van der Waals surface area (Å²) >= 11 is 0. The van der Waals surface area contributed by atoms with Crippen molar-refractivity contribution in [2.75, 3.05) is 0 Å². The van der Waals surface area contributed by atoms with Crippen molar-refractivity contribution in [2.45, 2.75) is 0 Å². The van der Waals surface area contributed by atoms with Gasteiger partial charge in [0, 0.05) is 21.5 Å². The number of benzene rings is 6. The summed E-state index contributed by atoms with van der Waals surface area (Å²) in [7, 11) is 0. The molecule has 0 radical (unpaired) electrons. The van der Waals surface area contributed by atoms with E-state index in [2.05, 4.69) is 138 Å². The standard InChI is InChI=1S/C36H22BNO/c1-2-12-23(13-3-1)24-14-4-7-17-28(24)37-29-18-8-11-21-32(29)39-33-22-27-25-15-5-9-19-30(25)38-31-20-10-6-16-26(31)34(35(33)37)36(27)38/h1-22H. The fourth-order valence-corrected chi connectivity index (χ4v) is 6.93. The van der Waals surface area contributed by atoms with Gasteiger partial charge in [0.05, 0.1) is 16.6 Å². The topological polar surface area (TPSA) is 13.6 Å². The smallest absolute Gasteiger partial charge is 0.252 e. The van der Waals surface area contributed by atoms with E-state index in [4.69, 9.17) is 4.74 Å². The van der Waals surface area contributed by atoms with Crippen LogP contribution in [-0.4, -0.2) is 11.1 Å². The molecule has 180 valence electrons. The maximum Gasteiger partial charge on any atom is 0.252 e. The van der Waals surface area contributed by atoms with Crippen LogP contribution in [0.15, 0.2) is 133 Å². The largest absolute Gasteiger partial charge is 0.458 e. The number of rotatable bonds is 2. The summed E-state index contributed by atoms with van der Waals surface area (Å²) in [6.45, 7) is 0.0263. The van der Waals surface area contributed by atoms with Crippen LogP contribution in [0.2, 0.25) is 0 Å². The zero-order valence-electron chi connectivity index (χ0n) is 21.1. The molecule has 1 aliphatic heterocycles. The molecule has 0 spiro atoms. The molecule has 2 nitrogen and oxygen atoms in total. The molecule has 3 heterocycles. The molecule has 0 amide bonds. The molecule has 0 aliphatic carbocycles. The Hall–Kier alpha value is -5.02. The van der Waals surface area contributed by atoms with E-state index in [-0.39, 0.29) is 6.71 Å². The van der Waals surface area contributed by atoms with Crippen LogP contribution in [0.5, 0.6) is 11.5 Å². The van der Waals surface area contributed by atoms with E-state index in [9.17, 15) is 0 Å². The SMILES string of the molecule is c1ccc(-c2ccccc2B2c3ccccc3Oc3cc4c5ccccc5n5c6ccccc6c(c32)c45)cc1. The van der Waals surface area contributed by atoms with Gasteiger partial charge in [-0.25, -0.2) is 0 Å². The number of para-hydroxylation sites is 3. The van der Waals surface area contributed by atoms with Gasteiger partial charge in [0.1, 0.15) is 11.5 Å². The van der Waals surface area contributed by atoms with E-state index in [1.54, 1.807) is 0 Å².